The summed E-state index contributed by atoms with van der Waals surface area (Å²) in [4.78, 5) is 20.5. The molecule has 0 aromatic heterocycles. The minimum atomic E-state index is -0.0630. The second-order valence-corrected chi connectivity index (χ2v) is 8.80. The summed E-state index contributed by atoms with van der Waals surface area (Å²) in [6.45, 7) is 4.06. The molecule has 0 bridgehead atoms. The van der Waals surface area contributed by atoms with Crippen LogP contribution < -0.4 is 4.90 Å². The first-order valence-electron chi connectivity index (χ1n) is 9.21. The van der Waals surface area contributed by atoms with Crippen LogP contribution in [0.3, 0.4) is 0 Å². The zero-order valence-electron chi connectivity index (χ0n) is 16.1. The molecule has 1 saturated heterocycles. The highest BCUT2D eigenvalue weighted by molar-refractivity contribution is 9.10. The minimum absolute atomic E-state index is 0.0630. The van der Waals surface area contributed by atoms with Gasteiger partial charge >= 0.3 is 0 Å². The zero-order chi connectivity index (χ0) is 20.4. The summed E-state index contributed by atoms with van der Waals surface area (Å²) in [5.41, 5.74) is 4.86. The third kappa shape index (κ3) is 4.52. The van der Waals surface area contributed by atoms with E-state index in [1.54, 1.807) is 4.90 Å². The Bertz CT molecular complexity index is 1150. The zero-order valence-corrected chi connectivity index (χ0v) is 18.5. The third-order valence-electron chi connectivity index (χ3n) is 4.44. The van der Waals surface area contributed by atoms with E-state index >= 15 is 0 Å². The van der Waals surface area contributed by atoms with Crippen LogP contribution in [0.1, 0.15) is 16.7 Å². The largest absolute Gasteiger partial charge is 0.271 e. The molecule has 1 amide bonds. The second-order valence-electron chi connectivity index (χ2n) is 6.88. The Labute approximate surface area is 183 Å². The minimum Gasteiger partial charge on any atom is -0.268 e. The van der Waals surface area contributed by atoms with Gasteiger partial charge in [0.2, 0.25) is 0 Å². The molecule has 0 spiro atoms. The van der Waals surface area contributed by atoms with Crippen molar-refractivity contribution in [1.82, 2.24) is 0 Å². The van der Waals surface area contributed by atoms with Gasteiger partial charge in [0.1, 0.15) is 0 Å². The summed E-state index contributed by atoms with van der Waals surface area (Å²) < 4.78 is 0.978. The molecule has 0 aliphatic carbocycles. The number of carbonyl (C=O) groups excluding carboxylic acids is 1. The number of halogens is 1. The van der Waals surface area contributed by atoms with E-state index in [0.717, 1.165) is 32.5 Å². The van der Waals surface area contributed by atoms with Gasteiger partial charge in [0, 0.05) is 4.47 Å². The molecular weight excluding hydrogens is 444 g/mol. The predicted octanol–water partition coefficient (Wildman–Crippen LogP) is 6.87. The Morgan fingerprint density at radius 2 is 1.66 bits per heavy atom. The van der Waals surface area contributed by atoms with Crippen LogP contribution >= 0.6 is 27.7 Å². The molecular formula is C24H19BrN2OS. The number of aryl methyl sites for hydroxylation is 2. The van der Waals surface area contributed by atoms with Crippen molar-refractivity contribution in [2.45, 2.75) is 13.8 Å². The van der Waals surface area contributed by atoms with E-state index in [4.69, 9.17) is 4.99 Å². The van der Waals surface area contributed by atoms with Crippen LogP contribution in [0.4, 0.5) is 11.4 Å². The number of hydrogen-bond acceptors (Lipinski definition) is 3. The van der Waals surface area contributed by atoms with Gasteiger partial charge in [-0.1, -0.05) is 52.3 Å². The van der Waals surface area contributed by atoms with Gasteiger partial charge in [0.05, 0.1) is 16.3 Å². The van der Waals surface area contributed by atoms with Gasteiger partial charge in [-0.15, -0.1) is 0 Å². The molecule has 1 fully saturated rings. The van der Waals surface area contributed by atoms with E-state index in [1.165, 1.54) is 11.8 Å². The maximum Gasteiger partial charge on any atom is 0.271 e. The predicted molar refractivity (Wildman–Crippen MR) is 127 cm³/mol. The topological polar surface area (TPSA) is 32.7 Å². The van der Waals surface area contributed by atoms with Crippen LogP contribution in [0, 0.1) is 13.8 Å². The molecule has 4 rings (SSSR count). The van der Waals surface area contributed by atoms with Crippen molar-refractivity contribution in [2.24, 2.45) is 4.99 Å². The van der Waals surface area contributed by atoms with Crippen molar-refractivity contribution in [3.8, 4) is 0 Å². The molecule has 1 aliphatic rings. The van der Waals surface area contributed by atoms with Gasteiger partial charge in [0.25, 0.3) is 5.91 Å². The smallest absolute Gasteiger partial charge is 0.268 e. The van der Waals surface area contributed by atoms with Crippen LogP contribution in [0.5, 0.6) is 0 Å². The lowest BCUT2D eigenvalue weighted by Gasteiger charge is -2.16. The highest BCUT2D eigenvalue weighted by atomic mass is 79.9. The van der Waals surface area contributed by atoms with Gasteiger partial charge in [-0.3, -0.25) is 9.69 Å². The van der Waals surface area contributed by atoms with Crippen LogP contribution in [-0.4, -0.2) is 11.1 Å². The van der Waals surface area contributed by atoms with Crippen LogP contribution in [0.15, 0.2) is 87.2 Å². The number of hydrogen-bond donors (Lipinski definition) is 0. The normalized spacial score (nSPS) is 16.8. The molecule has 3 aromatic rings. The van der Waals surface area contributed by atoms with E-state index in [1.807, 2.05) is 92.7 Å². The maximum absolute atomic E-state index is 13.3. The van der Waals surface area contributed by atoms with Crippen molar-refractivity contribution in [1.29, 1.82) is 0 Å². The molecule has 29 heavy (non-hydrogen) atoms. The second kappa shape index (κ2) is 8.39. The fourth-order valence-electron chi connectivity index (χ4n) is 3.10. The van der Waals surface area contributed by atoms with Gasteiger partial charge in [0.15, 0.2) is 5.17 Å². The van der Waals surface area contributed by atoms with E-state index in [0.29, 0.717) is 10.1 Å². The van der Waals surface area contributed by atoms with Crippen molar-refractivity contribution in [3.05, 3.63) is 98.9 Å². The van der Waals surface area contributed by atoms with E-state index < -0.39 is 0 Å². The summed E-state index contributed by atoms with van der Waals surface area (Å²) >= 11 is 4.89. The van der Waals surface area contributed by atoms with Crippen molar-refractivity contribution in [3.63, 3.8) is 0 Å². The number of amides is 1. The molecule has 0 radical (unpaired) electrons. The Kier molecular flexibility index (Phi) is 5.69. The molecule has 5 heteroatoms. The summed E-state index contributed by atoms with van der Waals surface area (Å²) in [5, 5.41) is 0.660. The highest BCUT2D eigenvalue weighted by Crippen LogP contribution is 2.37. The summed E-state index contributed by atoms with van der Waals surface area (Å²) in [5.74, 6) is -0.0630. The average molecular weight is 463 g/mol. The monoisotopic (exact) mass is 462 g/mol. The molecule has 0 unspecified atom stereocenters. The quantitative estimate of drug-likeness (QED) is 0.397. The Morgan fingerprint density at radius 1 is 0.931 bits per heavy atom. The van der Waals surface area contributed by atoms with E-state index in [9.17, 15) is 4.79 Å². The summed E-state index contributed by atoms with van der Waals surface area (Å²) in [6, 6.07) is 23.8. The molecule has 3 aromatic carbocycles. The Hall–Kier alpha value is -2.63. The average Bonchev–Trinajstić information content (AvgIpc) is 2.97. The lowest BCUT2D eigenvalue weighted by Crippen LogP contribution is -2.28. The molecule has 0 atom stereocenters. The number of aliphatic imine (C=N–C) groups is 1. The third-order valence-corrected chi connectivity index (χ3v) is 5.90. The number of rotatable bonds is 3. The Balaban J connectivity index is 1.80. The molecule has 0 N–H and O–H groups in total. The Morgan fingerprint density at radius 3 is 2.38 bits per heavy atom. The van der Waals surface area contributed by atoms with Crippen LogP contribution in [0.2, 0.25) is 0 Å². The highest BCUT2D eigenvalue weighted by Gasteiger charge is 2.34. The number of benzene rings is 3. The van der Waals surface area contributed by atoms with Crippen molar-refractivity contribution in [2.75, 3.05) is 4.90 Å². The maximum atomic E-state index is 13.3. The first-order chi connectivity index (χ1) is 14.0. The SMILES string of the molecule is Cc1cccc(N=C2S/C(=C/c3cccc(Br)c3)C(=O)N2c2cccc(C)c2)c1. The number of carbonyl (C=O) groups is 1. The molecule has 0 saturated carbocycles. The molecule has 1 heterocycles. The number of amidine groups is 1. The first-order valence-corrected chi connectivity index (χ1v) is 10.8. The van der Waals surface area contributed by atoms with Crippen LogP contribution in [0.25, 0.3) is 6.08 Å². The van der Waals surface area contributed by atoms with Gasteiger partial charge in [-0.05, 0) is 84.8 Å². The number of thioether (sulfide) groups is 1. The molecule has 1 aliphatic heterocycles. The van der Waals surface area contributed by atoms with Crippen LogP contribution in [-0.2, 0) is 4.79 Å². The van der Waals surface area contributed by atoms with Gasteiger partial charge < -0.3 is 0 Å². The number of nitrogens with zero attached hydrogens (tertiary/aromatic N) is 2. The summed E-state index contributed by atoms with van der Waals surface area (Å²) in [7, 11) is 0. The lowest BCUT2D eigenvalue weighted by molar-refractivity contribution is -0.113. The van der Waals surface area contributed by atoms with E-state index in [2.05, 4.69) is 15.9 Å². The number of anilines is 1. The molecule has 144 valence electrons. The first kappa shape index (κ1) is 19.7. The molecule has 3 nitrogen and oxygen atoms in total. The van der Waals surface area contributed by atoms with Crippen molar-refractivity contribution < 1.29 is 4.79 Å². The van der Waals surface area contributed by atoms with Gasteiger partial charge in [-0.2, -0.15) is 0 Å². The lowest BCUT2D eigenvalue weighted by atomic mass is 10.2. The fourth-order valence-corrected chi connectivity index (χ4v) is 4.52. The van der Waals surface area contributed by atoms with E-state index in [-0.39, 0.29) is 5.91 Å². The fraction of sp³-hybridized carbons (Fsp3) is 0.0833. The van der Waals surface area contributed by atoms with Crippen molar-refractivity contribution >= 4 is 56.2 Å². The van der Waals surface area contributed by atoms with Gasteiger partial charge in [-0.25, -0.2) is 4.99 Å². The standard InChI is InChI=1S/C24H19BrN2OS/c1-16-6-3-10-20(12-16)26-24-27(21-11-4-7-17(2)13-21)23(28)22(29-24)15-18-8-5-9-19(25)14-18/h3-15H,1-2H3/b22-15+,26-24?. The summed E-state index contributed by atoms with van der Waals surface area (Å²) in [6.07, 6.45) is 1.92.